The summed E-state index contributed by atoms with van der Waals surface area (Å²) < 4.78 is 5.11. The molecule has 2 N–H and O–H groups in total. The number of aryl methyl sites for hydroxylation is 2. The molecule has 0 radical (unpaired) electrons. The number of carbonyl (C=O) groups is 1. The number of amides is 1. The Labute approximate surface area is 146 Å². The van der Waals surface area contributed by atoms with E-state index in [-0.39, 0.29) is 11.9 Å². The van der Waals surface area contributed by atoms with Crippen LogP contribution in [0.1, 0.15) is 42.0 Å². The lowest BCUT2D eigenvalue weighted by atomic mass is 10.0. The second-order valence-electron chi connectivity index (χ2n) is 5.93. The molecule has 0 fully saturated rings. The number of aliphatic hydroxyl groups excluding tert-OH is 1. The van der Waals surface area contributed by atoms with Crippen molar-refractivity contribution in [3.05, 3.63) is 52.9 Å². The monoisotopic (exact) mass is 348 g/mol. The van der Waals surface area contributed by atoms with Gasteiger partial charge in [-0.05, 0) is 32.8 Å². The highest BCUT2D eigenvalue weighted by atomic mass is 32.2. The standard InChI is InChI=1S/C18H24N2O3S/c1-12(9-17(21)15-7-5-4-6-8-15)19-18(22)11-24-10-16-13(2)20-23-14(16)3/h4-8,12,17,21H,9-11H2,1-3H3,(H,19,22). The number of hydrogen-bond donors (Lipinski definition) is 2. The first-order valence-electron chi connectivity index (χ1n) is 7.99. The first kappa shape index (κ1) is 18.5. The Bertz CT molecular complexity index is 638. The van der Waals surface area contributed by atoms with Gasteiger partial charge < -0.3 is 14.9 Å². The molecule has 2 unspecified atom stereocenters. The fraction of sp³-hybridized carbons (Fsp3) is 0.444. The number of hydrogen-bond acceptors (Lipinski definition) is 5. The van der Waals surface area contributed by atoms with Gasteiger partial charge >= 0.3 is 0 Å². The molecule has 2 rings (SSSR count). The Morgan fingerprint density at radius 3 is 2.67 bits per heavy atom. The number of aliphatic hydroxyl groups is 1. The van der Waals surface area contributed by atoms with E-state index in [9.17, 15) is 9.90 Å². The van der Waals surface area contributed by atoms with Crippen molar-refractivity contribution in [1.82, 2.24) is 10.5 Å². The molecular weight excluding hydrogens is 324 g/mol. The quantitative estimate of drug-likeness (QED) is 0.766. The summed E-state index contributed by atoms with van der Waals surface area (Å²) in [6, 6.07) is 9.39. The summed E-state index contributed by atoms with van der Waals surface area (Å²) in [6.07, 6.45) is -0.0824. The SMILES string of the molecule is Cc1noc(C)c1CSCC(=O)NC(C)CC(O)c1ccccc1. The summed E-state index contributed by atoms with van der Waals surface area (Å²) in [5, 5.41) is 17.0. The van der Waals surface area contributed by atoms with E-state index >= 15 is 0 Å². The van der Waals surface area contributed by atoms with Crippen LogP contribution in [-0.4, -0.2) is 28.0 Å². The first-order chi connectivity index (χ1) is 11.5. The number of nitrogens with one attached hydrogen (secondary N) is 1. The predicted octanol–water partition coefficient (Wildman–Crippen LogP) is 3.15. The lowest BCUT2D eigenvalue weighted by molar-refractivity contribution is -0.119. The maximum Gasteiger partial charge on any atom is 0.230 e. The molecule has 1 heterocycles. The van der Waals surface area contributed by atoms with E-state index in [1.807, 2.05) is 51.1 Å². The molecule has 24 heavy (non-hydrogen) atoms. The minimum atomic E-state index is -0.573. The van der Waals surface area contributed by atoms with Gasteiger partial charge in [0.05, 0.1) is 17.6 Å². The second-order valence-corrected chi connectivity index (χ2v) is 6.91. The van der Waals surface area contributed by atoms with Crippen LogP contribution >= 0.6 is 11.8 Å². The third-order valence-corrected chi connectivity index (χ3v) is 4.79. The van der Waals surface area contributed by atoms with Crippen LogP contribution in [0.4, 0.5) is 0 Å². The first-order valence-corrected chi connectivity index (χ1v) is 9.14. The molecule has 0 aliphatic carbocycles. The minimum Gasteiger partial charge on any atom is -0.388 e. The van der Waals surface area contributed by atoms with Crippen LogP contribution in [0.5, 0.6) is 0 Å². The highest BCUT2D eigenvalue weighted by molar-refractivity contribution is 7.99. The third kappa shape index (κ3) is 5.39. The Kier molecular flexibility index (Phi) is 6.87. The van der Waals surface area contributed by atoms with E-state index in [4.69, 9.17) is 4.52 Å². The van der Waals surface area contributed by atoms with E-state index < -0.39 is 6.10 Å². The number of rotatable bonds is 8. The van der Waals surface area contributed by atoms with Gasteiger partial charge in [0.25, 0.3) is 0 Å². The average Bonchev–Trinajstić information content (AvgIpc) is 2.87. The molecule has 6 heteroatoms. The van der Waals surface area contributed by atoms with Crippen LogP contribution in [0, 0.1) is 13.8 Å². The summed E-state index contributed by atoms with van der Waals surface area (Å²) >= 11 is 1.53. The zero-order chi connectivity index (χ0) is 17.5. The average molecular weight is 348 g/mol. The van der Waals surface area contributed by atoms with E-state index in [1.54, 1.807) is 0 Å². The smallest absolute Gasteiger partial charge is 0.230 e. The minimum absolute atomic E-state index is 0.0282. The summed E-state index contributed by atoms with van der Waals surface area (Å²) in [6.45, 7) is 5.69. The van der Waals surface area contributed by atoms with Crippen molar-refractivity contribution in [2.45, 2.75) is 45.1 Å². The van der Waals surface area contributed by atoms with E-state index in [0.29, 0.717) is 17.9 Å². The van der Waals surface area contributed by atoms with Crippen molar-refractivity contribution >= 4 is 17.7 Å². The van der Waals surface area contributed by atoms with Gasteiger partial charge in [-0.1, -0.05) is 35.5 Å². The van der Waals surface area contributed by atoms with Gasteiger partial charge in [-0.25, -0.2) is 0 Å². The maximum atomic E-state index is 12.0. The van der Waals surface area contributed by atoms with E-state index in [1.165, 1.54) is 11.8 Å². The van der Waals surface area contributed by atoms with Crippen LogP contribution in [0.3, 0.4) is 0 Å². The summed E-state index contributed by atoms with van der Waals surface area (Å²) in [5.41, 5.74) is 2.80. The predicted molar refractivity (Wildman–Crippen MR) is 95.8 cm³/mol. The van der Waals surface area contributed by atoms with Gasteiger partial charge in [0.15, 0.2) is 0 Å². The van der Waals surface area contributed by atoms with Crippen molar-refractivity contribution in [3.8, 4) is 0 Å². The number of nitrogens with zero attached hydrogens (tertiary/aromatic N) is 1. The number of benzene rings is 1. The zero-order valence-corrected chi connectivity index (χ0v) is 15.1. The van der Waals surface area contributed by atoms with Crippen LogP contribution in [-0.2, 0) is 10.5 Å². The molecular formula is C18H24N2O3S. The molecule has 130 valence electrons. The van der Waals surface area contributed by atoms with Crippen molar-refractivity contribution in [2.24, 2.45) is 0 Å². The zero-order valence-electron chi connectivity index (χ0n) is 14.3. The molecule has 1 aromatic heterocycles. The maximum absolute atomic E-state index is 12.0. The second kappa shape index (κ2) is 8.89. The molecule has 1 amide bonds. The molecule has 2 atom stereocenters. The van der Waals surface area contributed by atoms with Gasteiger partial charge in [-0.2, -0.15) is 0 Å². The van der Waals surface area contributed by atoms with Gasteiger partial charge in [-0.15, -0.1) is 11.8 Å². The molecule has 2 aromatic rings. The van der Waals surface area contributed by atoms with Gasteiger partial charge in [0, 0.05) is 17.4 Å². The van der Waals surface area contributed by atoms with Gasteiger partial charge in [-0.3, -0.25) is 4.79 Å². The van der Waals surface area contributed by atoms with Crippen molar-refractivity contribution in [1.29, 1.82) is 0 Å². The van der Waals surface area contributed by atoms with Crippen LogP contribution in [0.15, 0.2) is 34.9 Å². The highest BCUT2D eigenvalue weighted by Crippen LogP contribution is 2.20. The number of thioether (sulfide) groups is 1. The Hall–Kier alpha value is -1.79. The van der Waals surface area contributed by atoms with Crippen LogP contribution in [0.25, 0.3) is 0 Å². The molecule has 0 aliphatic heterocycles. The molecule has 0 saturated carbocycles. The largest absolute Gasteiger partial charge is 0.388 e. The van der Waals surface area contributed by atoms with Crippen molar-refractivity contribution in [3.63, 3.8) is 0 Å². The van der Waals surface area contributed by atoms with E-state index in [0.717, 1.165) is 22.6 Å². The fourth-order valence-electron chi connectivity index (χ4n) is 2.48. The Morgan fingerprint density at radius 1 is 1.33 bits per heavy atom. The highest BCUT2D eigenvalue weighted by Gasteiger charge is 2.15. The summed E-state index contributed by atoms with van der Waals surface area (Å²) in [4.78, 5) is 12.0. The molecule has 5 nitrogen and oxygen atoms in total. The molecule has 0 bridgehead atoms. The number of aromatic nitrogens is 1. The molecule has 0 spiro atoms. The van der Waals surface area contributed by atoms with Crippen LogP contribution in [0.2, 0.25) is 0 Å². The lowest BCUT2D eigenvalue weighted by Gasteiger charge is -2.18. The summed E-state index contributed by atoms with van der Waals surface area (Å²) in [5.74, 6) is 1.85. The number of carbonyl (C=O) groups excluding carboxylic acids is 1. The van der Waals surface area contributed by atoms with Crippen molar-refractivity contribution in [2.75, 3.05) is 5.75 Å². The topological polar surface area (TPSA) is 75.4 Å². The fourth-order valence-corrected chi connectivity index (χ4v) is 3.46. The Balaban J connectivity index is 1.72. The lowest BCUT2D eigenvalue weighted by Crippen LogP contribution is -2.35. The molecule has 0 aliphatic rings. The molecule has 0 saturated heterocycles. The molecule has 1 aromatic carbocycles. The van der Waals surface area contributed by atoms with E-state index in [2.05, 4.69) is 10.5 Å². The Morgan fingerprint density at radius 2 is 2.04 bits per heavy atom. The normalized spacial score (nSPS) is 13.5. The summed E-state index contributed by atoms with van der Waals surface area (Å²) in [7, 11) is 0. The third-order valence-electron chi connectivity index (χ3n) is 3.83. The van der Waals surface area contributed by atoms with Crippen molar-refractivity contribution < 1.29 is 14.4 Å². The van der Waals surface area contributed by atoms with Gasteiger partial charge in [0.2, 0.25) is 5.91 Å². The van der Waals surface area contributed by atoms with Gasteiger partial charge in [0.1, 0.15) is 5.76 Å². The van der Waals surface area contributed by atoms with Crippen LogP contribution < -0.4 is 5.32 Å².